The van der Waals surface area contributed by atoms with E-state index in [9.17, 15) is 18.0 Å². The number of nitrogens with zero attached hydrogens (tertiary/aromatic N) is 2. The van der Waals surface area contributed by atoms with Gasteiger partial charge in [-0.3, -0.25) is 9.20 Å². The fourth-order valence-corrected chi connectivity index (χ4v) is 2.12. The predicted octanol–water partition coefficient (Wildman–Crippen LogP) is 2.04. The highest BCUT2D eigenvalue weighted by Crippen LogP contribution is 2.30. The summed E-state index contributed by atoms with van der Waals surface area (Å²) < 4.78 is 38.1. The maximum atomic E-state index is 12.3. The smallest absolute Gasteiger partial charge is 0.434 e. The molecule has 0 fully saturated rings. The van der Waals surface area contributed by atoms with Gasteiger partial charge < -0.3 is 5.11 Å². The molecule has 0 aromatic carbocycles. The number of carbonyl (C=O) groups is 1. The Hall–Kier alpha value is -1.57. The van der Waals surface area contributed by atoms with Gasteiger partial charge in [0.15, 0.2) is 10.7 Å². The average molecular weight is 250 g/mol. The van der Waals surface area contributed by atoms with Crippen LogP contribution in [0.4, 0.5) is 13.2 Å². The molecule has 0 atom stereocenters. The number of hydrogen-bond donors (Lipinski definition) is 1. The number of carboxylic acids is 1. The number of halogens is 3. The number of carboxylic acid groups (broad SMARTS) is 1. The van der Waals surface area contributed by atoms with Crippen molar-refractivity contribution in [2.24, 2.45) is 0 Å². The predicted molar refractivity (Wildman–Crippen MR) is 49.4 cm³/mol. The summed E-state index contributed by atoms with van der Waals surface area (Å²) in [4.78, 5) is 14.0. The fraction of sp³-hybridized carbons (Fsp3) is 0.250. The van der Waals surface area contributed by atoms with E-state index < -0.39 is 17.8 Å². The van der Waals surface area contributed by atoms with Gasteiger partial charge in [0.25, 0.3) is 0 Å². The summed E-state index contributed by atoms with van der Waals surface area (Å²) in [5.74, 6) is -1.10. The summed E-state index contributed by atoms with van der Waals surface area (Å²) in [7, 11) is 0. The van der Waals surface area contributed by atoms with Crippen molar-refractivity contribution in [2.75, 3.05) is 0 Å². The zero-order valence-electron chi connectivity index (χ0n) is 7.65. The van der Waals surface area contributed by atoms with Crippen molar-refractivity contribution in [1.82, 2.24) is 9.38 Å². The van der Waals surface area contributed by atoms with E-state index in [0.29, 0.717) is 0 Å². The van der Waals surface area contributed by atoms with E-state index in [2.05, 4.69) is 4.98 Å². The third-order valence-electron chi connectivity index (χ3n) is 1.91. The highest BCUT2D eigenvalue weighted by molar-refractivity contribution is 7.15. The van der Waals surface area contributed by atoms with Crippen molar-refractivity contribution in [3.63, 3.8) is 0 Å². The van der Waals surface area contributed by atoms with Crippen molar-refractivity contribution in [1.29, 1.82) is 0 Å². The molecule has 86 valence electrons. The number of imidazole rings is 1. The standard InChI is InChI=1S/C8H5F3N2O2S/c9-8(10,11)5-2-13-4(1-6(14)15)3-16-7(13)12-5/h2-3H,1H2,(H,14,15). The Labute approximate surface area is 91.0 Å². The molecule has 0 radical (unpaired) electrons. The molecule has 2 aromatic rings. The quantitative estimate of drug-likeness (QED) is 0.887. The van der Waals surface area contributed by atoms with E-state index >= 15 is 0 Å². The highest BCUT2D eigenvalue weighted by Gasteiger charge is 2.34. The summed E-state index contributed by atoms with van der Waals surface area (Å²) in [6.45, 7) is 0. The van der Waals surface area contributed by atoms with Crippen LogP contribution in [0.1, 0.15) is 11.4 Å². The molecule has 0 aliphatic carbocycles. The molecule has 8 heteroatoms. The number of alkyl halides is 3. The monoisotopic (exact) mass is 250 g/mol. The first-order valence-electron chi connectivity index (χ1n) is 4.12. The molecule has 1 N–H and O–H groups in total. The van der Waals surface area contributed by atoms with Crippen LogP contribution in [0.3, 0.4) is 0 Å². The van der Waals surface area contributed by atoms with Gasteiger partial charge in [-0.15, -0.1) is 11.3 Å². The van der Waals surface area contributed by atoms with Gasteiger partial charge >= 0.3 is 12.1 Å². The van der Waals surface area contributed by atoms with E-state index in [1.165, 1.54) is 5.38 Å². The maximum absolute atomic E-state index is 12.3. The zero-order chi connectivity index (χ0) is 11.9. The molecule has 0 spiro atoms. The molecule has 0 amide bonds. The summed E-state index contributed by atoms with van der Waals surface area (Å²) in [5.41, 5.74) is -0.721. The second-order valence-corrected chi connectivity index (χ2v) is 3.91. The van der Waals surface area contributed by atoms with Crippen LogP contribution in [0.25, 0.3) is 4.96 Å². The second-order valence-electron chi connectivity index (χ2n) is 3.07. The Bertz CT molecular complexity index is 543. The topological polar surface area (TPSA) is 54.6 Å². The molecule has 4 nitrogen and oxygen atoms in total. The first kappa shape index (κ1) is 10.9. The molecule has 0 aliphatic rings. The van der Waals surface area contributed by atoms with Gasteiger partial charge in [0.1, 0.15) is 0 Å². The molecule has 0 aliphatic heterocycles. The molecule has 0 unspecified atom stereocenters. The molecular weight excluding hydrogens is 245 g/mol. The molecule has 2 heterocycles. The second kappa shape index (κ2) is 3.48. The fourth-order valence-electron chi connectivity index (χ4n) is 1.25. The van der Waals surface area contributed by atoms with E-state index in [4.69, 9.17) is 5.11 Å². The number of rotatable bonds is 2. The van der Waals surface area contributed by atoms with Crippen LogP contribution in [0, 0.1) is 0 Å². The Morgan fingerprint density at radius 2 is 2.25 bits per heavy atom. The Kier molecular flexibility index (Phi) is 2.38. The van der Waals surface area contributed by atoms with Crippen molar-refractivity contribution in [3.05, 3.63) is 23.0 Å². The van der Waals surface area contributed by atoms with Gasteiger partial charge in [-0.05, 0) is 0 Å². The number of fused-ring (bicyclic) bond motifs is 1. The van der Waals surface area contributed by atoms with Crippen LogP contribution in [-0.4, -0.2) is 20.5 Å². The molecule has 16 heavy (non-hydrogen) atoms. The Morgan fingerprint density at radius 3 is 2.81 bits per heavy atom. The lowest BCUT2D eigenvalue weighted by molar-refractivity contribution is -0.140. The molecule has 2 rings (SSSR count). The van der Waals surface area contributed by atoms with Crippen molar-refractivity contribution >= 4 is 22.3 Å². The first-order chi connectivity index (χ1) is 7.38. The number of aromatic nitrogens is 2. The molecule has 0 saturated heterocycles. The Balaban J connectivity index is 2.47. The molecular formula is C8H5F3N2O2S. The number of thiazole rings is 1. The van der Waals surface area contributed by atoms with Crippen molar-refractivity contribution in [3.8, 4) is 0 Å². The van der Waals surface area contributed by atoms with Gasteiger partial charge in [-0.1, -0.05) is 0 Å². The van der Waals surface area contributed by atoms with E-state index in [0.717, 1.165) is 21.9 Å². The molecule has 0 bridgehead atoms. The van der Waals surface area contributed by atoms with Gasteiger partial charge in [0, 0.05) is 17.3 Å². The van der Waals surface area contributed by atoms with E-state index in [1.807, 2.05) is 0 Å². The van der Waals surface area contributed by atoms with Gasteiger partial charge in [0.2, 0.25) is 0 Å². The SMILES string of the molecule is O=C(O)Cc1csc2nc(C(F)(F)F)cn12. The van der Waals surface area contributed by atoms with Crippen LogP contribution in [0.2, 0.25) is 0 Å². The summed E-state index contributed by atoms with van der Waals surface area (Å²) in [5, 5.41) is 10.0. The highest BCUT2D eigenvalue weighted by atomic mass is 32.1. The molecule has 0 saturated carbocycles. The lowest BCUT2D eigenvalue weighted by Crippen LogP contribution is -2.05. The van der Waals surface area contributed by atoms with Gasteiger partial charge in [-0.2, -0.15) is 13.2 Å². The zero-order valence-corrected chi connectivity index (χ0v) is 8.47. The Morgan fingerprint density at radius 1 is 1.56 bits per heavy atom. The van der Waals surface area contributed by atoms with E-state index in [1.54, 1.807) is 0 Å². The van der Waals surface area contributed by atoms with Crippen LogP contribution in [0.5, 0.6) is 0 Å². The van der Waals surface area contributed by atoms with Crippen molar-refractivity contribution in [2.45, 2.75) is 12.6 Å². The van der Waals surface area contributed by atoms with Crippen molar-refractivity contribution < 1.29 is 23.1 Å². The third-order valence-corrected chi connectivity index (χ3v) is 2.79. The number of aliphatic carboxylic acids is 1. The van der Waals surface area contributed by atoms with Gasteiger partial charge in [0.05, 0.1) is 6.42 Å². The van der Waals surface area contributed by atoms with Crippen LogP contribution in [0.15, 0.2) is 11.6 Å². The summed E-state index contributed by atoms with van der Waals surface area (Å²) in [6.07, 6.45) is -4.02. The largest absolute Gasteiger partial charge is 0.481 e. The van der Waals surface area contributed by atoms with Crippen LogP contribution in [-0.2, 0) is 17.4 Å². The normalized spacial score (nSPS) is 12.2. The average Bonchev–Trinajstić information content (AvgIpc) is 2.64. The first-order valence-corrected chi connectivity index (χ1v) is 5.00. The minimum Gasteiger partial charge on any atom is -0.481 e. The summed E-state index contributed by atoms with van der Waals surface area (Å²) in [6, 6.07) is 0. The lowest BCUT2D eigenvalue weighted by atomic mass is 10.3. The minimum atomic E-state index is -4.51. The summed E-state index contributed by atoms with van der Waals surface area (Å²) >= 11 is 0.981. The maximum Gasteiger partial charge on any atom is 0.434 e. The lowest BCUT2D eigenvalue weighted by Gasteiger charge is -1.99. The number of hydrogen-bond acceptors (Lipinski definition) is 3. The third kappa shape index (κ3) is 1.87. The van der Waals surface area contributed by atoms with E-state index in [-0.39, 0.29) is 17.1 Å². The van der Waals surface area contributed by atoms with Crippen LogP contribution >= 0.6 is 11.3 Å². The molecule has 2 aromatic heterocycles. The minimum absolute atomic E-state index is 0.142. The van der Waals surface area contributed by atoms with Crippen LogP contribution < -0.4 is 0 Å². The van der Waals surface area contributed by atoms with Gasteiger partial charge in [-0.25, -0.2) is 4.98 Å².